The molecule has 6 aromatic rings. The van der Waals surface area contributed by atoms with Crippen molar-refractivity contribution < 1.29 is 9.90 Å². The minimum Gasteiger partial charge on any atom is -0.455 e. The number of pyridine rings is 1. The van der Waals surface area contributed by atoms with Gasteiger partial charge in [-0.15, -0.1) is 0 Å². The maximum atomic E-state index is 8.00. The van der Waals surface area contributed by atoms with Crippen LogP contribution in [0.25, 0.3) is 54.7 Å². The first-order valence-corrected chi connectivity index (χ1v) is 9.15. The van der Waals surface area contributed by atoms with Crippen molar-refractivity contribution in [3.63, 3.8) is 0 Å². The smallest absolute Gasteiger partial charge is 0.144 e. The first-order valence-electron chi connectivity index (χ1n) is 11.1. The Morgan fingerprint density at radius 1 is 0.786 bits per heavy atom. The summed E-state index contributed by atoms with van der Waals surface area (Å²) in [5.41, 5.74) is 2.58. The summed E-state index contributed by atoms with van der Waals surface area (Å²) in [7, 11) is 0. The first kappa shape index (κ1) is 11.9. The lowest BCUT2D eigenvalue weighted by Crippen LogP contribution is -1.84. The highest BCUT2D eigenvalue weighted by atomic mass is 16.3. The van der Waals surface area contributed by atoms with E-state index in [4.69, 9.17) is 9.90 Å². The summed E-state index contributed by atoms with van der Waals surface area (Å²) in [6, 6.07) is 25.3. The summed E-state index contributed by atoms with van der Waals surface area (Å²) in [6.07, 6.45) is -0.0843. The molecule has 0 saturated carbocycles. The van der Waals surface area contributed by atoms with Crippen LogP contribution in [0.4, 0.5) is 0 Å². The van der Waals surface area contributed by atoms with Crippen LogP contribution < -0.4 is 0 Å². The number of nitrogens with zero attached hydrogens (tertiary/aromatic N) is 1. The molecule has 28 heavy (non-hydrogen) atoms. The zero-order valence-electron chi connectivity index (χ0n) is 18.9. The van der Waals surface area contributed by atoms with Crippen LogP contribution in [0.1, 0.15) is 11.0 Å². The van der Waals surface area contributed by atoms with Crippen LogP contribution in [0, 0.1) is 6.85 Å². The Morgan fingerprint density at radius 3 is 2.64 bits per heavy atom. The van der Waals surface area contributed by atoms with Crippen molar-refractivity contribution in [2.24, 2.45) is 0 Å². The number of furan rings is 1. The van der Waals surface area contributed by atoms with Crippen molar-refractivity contribution in [2.45, 2.75) is 6.85 Å². The second kappa shape index (κ2) is 5.67. The van der Waals surface area contributed by atoms with Crippen LogP contribution in [0.5, 0.6) is 0 Å². The van der Waals surface area contributed by atoms with E-state index in [2.05, 4.69) is 41.4 Å². The molecule has 0 fully saturated rings. The topological polar surface area (TPSA) is 26.0 Å². The molecule has 0 aliphatic rings. The van der Waals surface area contributed by atoms with Gasteiger partial charge in [-0.3, -0.25) is 4.98 Å². The van der Waals surface area contributed by atoms with Gasteiger partial charge in [0.1, 0.15) is 11.2 Å². The van der Waals surface area contributed by atoms with E-state index in [9.17, 15) is 0 Å². The molecule has 0 unspecified atom stereocenters. The maximum absolute atomic E-state index is 8.00. The number of hydrogen-bond donors (Lipinski definition) is 0. The molecule has 0 radical (unpaired) electrons. The summed E-state index contributed by atoms with van der Waals surface area (Å²) >= 11 is 0. The third-order valence-corrected chi connectivity index (χ3v) is 5.34. The number of aryl methyl sites for hydroxylation is 1. The average molecular weight is 363 g/mol. The van der Waals surface area contributed by atoms with Crippen LogP contribution in [0.3, 0.4) is 0 Å². The number of para-hydroxylation sites is 1. The number of aromatic nitrogens is 1. The molecular weight excluding hydrogens is 342 g/mol. The number of benzene rings is 4. The predicted octanol–water partition coefficient (Wildman–Crippen LogP) is 7.26. The number of hydrogen-bond acceptors (Lipinski definition) is 2. The van der Waals surface area contributed by atoms with Crippen LogP contribution in [-0.2, 0) is 0 Å². The van der Waals surface area contributed by atoms with Gasteiger partial charge in [-0.25, -0.2) is 0 Å². The van der Waals surface area contributed by atoms with E-state index in [0.717, 1.165) is 27.1 Å². The second-order valence-corrected chi connectivity index (χ2v) is 7.01. The van der Waals surface area contributed by atoms with Crippen LogP contribution >= 0.6 is 0 Å². The highest BCUT2D eigenvalue weighted by molar-refractivity contribution is 6.17. The van der Waals surface area contributed by atoms with Gasteiger partial charge in [0.25, 0.3) is 0 Å². The zero-order chi connectivity index (χ0) is 22.0. The summed E-state index contributed by atoms with van der Waals surface area (Å²) in [6.45, 7) is -2.31. The fourth-order valence-corrected chi connectivity index (χ4v) is 4.03. The van der Waals surface area contributed by atoms with Crippen molar-refractivity contribution in [3.8, 4) is 11.3 Å². The number of fused-ring (bicyclic) bond motifs is 6. The van der Waals surface area contributed by atoms with Crippen molar-refractivity contribution >= 4 is 43.5 Å². The van der Waals surface area contributed by atoms with Gasteiger partial charge in [0.2, 0.25) is 0 Å². The Labute approximate surface area is 167 Å². The van der Waals surface area contributed by atoms with Gasteiger partial charge in [0.05, 0.1) is 7.06 Å². The SMILES string of the molecule is [2H]c1cc(C([2H])([2H])[2H])cc(-c2cccc3c2oc2cc4c(ccc5ccccc54)cc23)n1. The van der Waals surface area contributed by atoms with E-state index in [0.29, 0.717) is 16.8 Å². The maximum Gasteiger partial charge on any atom is 0.144 e. The fraction of sp³-hybridized carbons (Fsp3) is 0.0385. The summed E-state index contributed by atoms with van der Waals surface area (Å²) in [5, 5.41) is 6.50. The average Bonchev–Trinajstić information content (AvgIpc) is 3.14. The molecule has 132 valence electrons. The zero-order valence-corrected chi connectivity index (χ0v) is 14.9. The summed E-state index contributed by atoms with van der Waals surface area (Å²) in [5.74, 6) is 0. The Bertz CT molecular complexity index is 1680. The van der Waals surface area contributed by atoms with Crippen LogP contribution in [0.15, 0.2) is 89.5 Å². The van der Waals surface area contributed by atoms with Gasteiger partial charge in [0, 0.05) is 26.6 Å². The molecule has 2 heteroatoms. The van der Waals surface area contributed by atoms with Crippen LogP contribution in [0.2, 0.25) is 0 Å². The van der Waals surface area contributed by atoms with Crippen LogP contribution in [-0.4, -0.2) is 4.98 Å². The monoisotopic (exact) mass is 363 g/mol. The molecular formula is C26H17NO. The molecule has 0 aliphatic carbocycles. The van der Waals surface area contributed by atoms with Gasteiger partial charge in [0.15, 0.2) is 0 Å². The minimum absolute atomic E-state index is 0.0843. The lowest BCUT2D eigenvalue weighted by molar-refractivity contribution is 0.670. The van der Waals surface area contributed by atoms with Crippen molar-refractivity contribution in [2.75, 3.05) is 0 Å². The summed E-state index contributed by atoms with van der Waals surface area (Å²) in [4.78, 5) is 4.29. The molecule has 0 N–H and O–H groups in total. The molecule has 0 bridgehead atoms. The van der Waals surface area contributed by atoms with E-state index >= 15 is 0 Å². The first-order chi connectivity index (χ1) is 15.4. The Kier molecular flexibility index (Phi) is 2.42. The third-order valence-electron chi connectivity index (χ3n) is 5.34. The van der Waals surface area contributed by atoms with E-state index < -0.39 is 6.85 Å². The minimum atomic E-state index is -2.31. The highest BCUT2D eigenvalue weighted by Gasteiger charge is 2.14. The van der Waals surface area contributed by atoms with Crippen molar-refractivity contribution in [1.82, 2.24) is 4.98 Å². The highest BCUT2D eigenvalue weighted by Crippen LogP contribution is 2.38. The molecule has 0 saturated heterocycles. The molecule has 0 atom stereocenters. The predicted molar refractivity (Wildman–Crippen MR) is 117 cm³/mol. The second-order valence-electron chi connectivity index (χ2n) is 7.01. The summed E-state index contributed by atoms with van der Waals surface area (Å²) < 4.78 is 37.5. The largest absolute Gasteiger partial charge is 0.455 e. The number of rotatable bonds is 1. The molecule has 0 aliphatic heterocycles. The molecule has 2 aromatic heterocycles. The Morgan fingerprint density at radius 2 is 1.68 bits per heavy atom. The van der Waals surface area contributed by atoms with Gasteiger partial charge in [-0.1, -0.05) is 48.5 Å². The normalized spacial score (nSPS) is 14.3. The van der Waals surface area contributed by atoms with E-state index in [1.165, 1.54) is 22.9 Å². The van der Waals surface area contributed by atoms with Gasteiger partial charge in [-0.2, -0.15) is 0 Å². The van der Waals surface area contributed by atoms with Gasteiger partial charge >= 0.3 is 0 Å². The third kappa shape index (κ3) is 2.18. The van der Waals surface area contributed by atoms with Crippen molar-refractivity contribution in [3.05, 3.63) is 90.6 Å². The van der Waals surface area contributed by atoms with Gasteiger partial charge in [-0.05, 0) is 64.3 Å². The lowest BCUT2D eigenvalue weighted by Gasteiger charge is -2.03. The standard InChI is InChI=1S/C26H17NO/c1-16-11-12-27-24(13-16)21-8-4-7-20-23-14-18-10-9-17-5-2-3-6-19(17)22(18)15-25(23)28-26(20)21/h2-15H,1H3/i1D3,12D. The molecule has 6 rings (SSSR count). The molecule has 0 spiro atoms. The van der Waals surface area contributed by atoms with Crippen molar-refractivity contribution in [1.29, 1.82) is 0 Å². The molecule has 2 nitrogen and oxygen atoms in total. The molecule has 0 amide bonds. The lowest BCUT2D eigenvalue weighted by atomic mass is 9.99. The van der Waals surface area contributed by atoms with E-state index in [-0.39, 0.29) is 11.7 Å². The van der Waals surface area contributed by atoms with E-state index in [1.807, 2.05) is 30.3 Å². The molecule has 2 heterocycles. The quantitative estimate of drug-likeness (QED) is 0.287. The fourth-order valence-electron chi connectivity index (χ4n) is 4.03. The molecule has 4 aromatic carbocycles. The van der Waals surface area contributed by atoms with Gasteiger partial charge < -0.3 is 4.42 Å². The Hall–Kier alpha value is -3.65. The Balaban J connectivity index is 1.66. The van der Waals surface area contributed by atoms with E-state index in [1.54, 1.807) is 0 Å².